The largest absolute Gasteiger partial charge is 0.393 e. The molecule has 2 aliphatic carbocycles. The second-order valence-corrected chi connectivity index (χ2v) is 6.19. The first-order valence-electron chi connectivity index (χ1n) is 7.22. The minimum Gasteiger partial charge on any atom is -0.393 e. The van der Waals surface area contributed by atoms with E-state index in [1.54, 1.807) is 0 Å². The number of rotatable bonds is 4. The average Bonchev–Trinajstić information content (AvgIpc) is 2.65. The van der Waals surface area contributed by atoms with Crippen molar-refractivity contribution in [2.24, 2.45) is 17.3 Å². The van der Waals surface area contributed by atoms with Gasteiger partial charge in [-0.1, -0.05) is 13.8 Å². The van der Waals surface area contributed by atoms with Crippen LogP contribution in [0.1, 0.15) is 58.8 Å². The molecule has 0 aromatic carbocycles. The number of aliphatic hydroxyl groups is 1. The zero-order valence-electron chi connectivity index (χ0n) is 11.4. The fraction of sp³-hybridized carbons (Fsp3) is 0.867. The quantitative estimate of drug-likeness (QED) is 0.836. The third-order valence-corrected chi connectivity index (χ3v) is 5.26. The molecule has 1 N–H and O–H groups in total. The van der Waals surface area contributed by atoms with Gasteiger partial charge in [0.15, 0.2) is 0 Å². The van der Waals surface area contributed by atoms with Crippen LogP contribution in [-0.2, 0) is 9.59 Å². The minimum atomic E-state index is -0.321. The summed E-state index contributed by atoms with van der Waals surface area (Å²) in [5.41, 5.74) is -0.223. The van der Waals surface area contributed by atoms with Crippen LogP contribution in [0.5, 0.6) is 0 Å². The monoisotopic (exact) mass is 252 g/mol. The topological polar surface area (TPSA) is 54.4 Å². The van der Waals surface area contributed by atoms with Crippen molar-refractivity contribution < 1.29 is 14.7 Å². The van der Waals surface area contributed by atoms with Gasteiger partial charge >= 0.3 is 0 Å². The maximum atomic E-state index is 12.0. The Morgan fingerprint density at radius 2 is 2.17 bits per heavy atom. The third-order valence-electron chi connectivity index (χ3n) is 5.26. The summed E-state index contributed by atoms with van der Waals surface area (Å²) < 4.78 is 0. The van der Waals surface area contributed by atoms with Crippen molar-refractivity contribution in [2.45, 2.75) is 64.9 Å². The molecule has 0 bridgehead atoms. The number of Topliss-reactive ketones (excluding diaryl/α,β-unsaturated/α-hetero) is 2. The fourth-order valence-electron chi connectivity index (χ4n) is 3.94. The number of carbonyl (C=O) groups excluding carboxylic acids is 2. The van der Waals surface area contributed by atoms with Crippen molar-refractivity contribution in [2.75, 3.05) is 0 Å². The molecule has 2 fully saturated rings. The zero-order chi connectivity index (χ0) is 13.3. The molecule has 0 aromatic heterocycles. The lowest BCUT2D eigenvalue weighted by molar-refractivity contribution is -0.131. The highest BCUT2D eigenvalue weighted by Gasteiger charge is 2.53. The van der Waals surface area contributed by atoms with Crippen LogP contribution in [0.2, 0.25) is 0 Å². The molecule has 3 nitrogen and oxygen atoms in total. The summed E-state index contributed by atoms with van der Waals surface area (Å²) in [7, 11) is 0. The Kier molecular flexibility index (Phi) is 3.90. The molecule has 0 aromatic rings. The molecule has 1 unspecified atom stereocenters. The Morgan fingerprint density at radius 3 is 2.83 bits per heavy atom. The van der Waals surface area contributed by atoms with Crippen molar-refractivity contribution in [3.05, 3.63) is 0 Å². The summed E-state index contributed by atoms with van der Waals surface area (Å²) in [4.78, 5) is 23.5. The number of hydrogen-bond donors (Lipinski definition) is 1. The van der Waals surface area contributed by atoms with E-state index in [1.807, 2.05) is 6.92 Å². The molecular weight excluding hydrogens is 228 g/mol. The Balaban J connectivity index is 2.07. The molecule has 0 heterocycles. The van der Waals surface area contributed by atoms with Gasteiger partial charge in [-0.3, -0.25) is 9.59 Å². The summed E-state index contributed by atoms with van der Waals surface area (Å²) >= 11 is 0. The second-order valence-electron chi connectivity index (χ2n) is 6.19. The first-order chi connectivity index (χ1) is 8.49. The van der Waals surface area contributed by atoms with Crippen LogP contribution in [0, 0.1) is 17.3 Å². The van der Waals surface area contributed by atoms with Crippen molar-refractivity contribution in [3.8, 4) is 0 Å². The minimum absolute atomic E-state index is 0.144. The van der Waals surface area contributed by atoms with Gasteiger partial charge in [-0.15, -0.1) is 0 Å². The Morgan fingerprint density at radius 1 is 1.44 bits per heavy atom. The van der Waals surface area contributed by atoms with Crippen molar-refractivity contribution in [1.82, 2.24) is 0 Å². The van der Waals surface area contributed by atoms with Crippen LogP contribution >= 0.6 is 0 Å². The second kappa shape index (κ2) is 5.12. The summed E-state index contributed by atoms with van der Waals surface area (Å²) in [5, 5.41) is 10.2. The first kappa shape index (κ1) is 13.7. The maximum Gasteiger partial charge on any atom is 0.139 e. The van der Waals surface area contributed by atoms with Crippen LogP contribution in [-0.4, -0.2) is 22.8 Å². The van der Waals surface area contributed by atoms with E-state index in [0.717, 1.165) is 19.3 Å². The Bertz CT molecular complexity index is 350. The van der Waals surface area contributed by atoms with E-state index in [0.29, 0.717) is 37.4 Å². The maximum absolute atomic E-state index is 12.0. The summed E-state index contributed by atoms with van der Waals surface area (Å²) in [5.74, 6) is 1.06. The molecule has 0 radical (unpaired) electrons. The highest BCUT2D eigenvalue weighted by molar-refractivity contribution is 5.87. The molecule has 0 saturated heterocycles. The van der Waals surface area contributed by atoms with Crippen LogP contribution in [0.25, 0.3) is 0 Å². The number of fused-ring (bicyclic) bond motifs is 1. The highest BCUT2D eigenvalue weighted by Crippen LogP contribution is 2.53. The van der Waals surface area contributed by atoms with Crippen LogP contribution in [0.3, 0.4) is 0 Å². The van der Waals surface area contributed by atoms with Gasteiger partial charge in [0.05, 0.1) is 6.10 Å². The van der Waals surface area contributed by atoms with Gasteiger partial charge in [0.2, 0.25) is 0 Å². The predicted octanol–water partition coefficient (Wildman–Crippen LogP) is 2.50. The normalized spacial score (nSPS) is 39.7. The molecular formula is C15H24O3. The van der Waals surface area contributed by atoms with Crippen LogP contribution in [0.15, 0.2) is 0 Å². The standard InChI is InChI=1S/C15H24O3/c1-3-10(16)4-5-11-12-6-7-14(18)15(12,2)9-8-13(11)17/h11-13,17H,3-9H2,1-2H3/t11-,12?,13+,15-/m0/s1. The van der Waals surface area contributed by atoms with Gasteiger partial charge in [0, 0.05) is 24.7 Å². The highest BCUT2D eigenvalue weighted by atomic mass is 16.3. The summed E-state index contributed by atoms with van der Waals surface area (Å²) in [6.45, 7) is 3.94. The molecule has 2 aliphatic rings. The lowest BCUT2D eigenvalue weighted by atomic mass is 9.62. The van der Waals surface area contributed by atoms with Crippen LogP contribution < -0.4 is 0 Å². The van der Waals surface area contributed by atoms with Crippen LogP contribution in [0.4, 0.5) is 0 Å². The Labute approximate surface area is 109 Å². The lowest BCUT2D eigenvalue weighted by Crippen LogP contribution is -2.44. The van der Waals surface area contributed by atoms with Gasteiger partial charge in [-0.2, -0.15) is 0 Å². The Hall–Kier alpha value is -0.700. The fourth-order valence-corrected chi connectivity index (χ4v) is 3.94. The van der Waals surface area contributed by atoms with E-state index < -0.39 is 0 Å². The smallest absolute Gasteiger partial charge is 0.139 e. The van der Waals surface area contributed by atoms with E-state index in [1.165, 1.54) is 0 Å². The molecule has 102 valence electrons. The third kappa shape index (κ3) is 2.25. The van der Waals surface area contributed by atoms with Gasteiger partial charge < -0.3 is 5.11 Å². The van der Waals surface area contributed by atoms with Gasteiger partial charge in [-0.05, 0) is 37.5 Å². The molecule has 0 spiro atoms. The molecule has 2 saturated carbocycles. The lowest BCUT2D eigenvalue weighted by Gasteiger charge is -2.43. The van der Waals surface area contributed by atoms with Gasteiger partial charge in [0.1, 0.15) is 11.6 Å². The van der Waals surface area contributed by atoms with Gasteiger partial charge in [-0.25, -0.2) is 0 Å². The SMILES string of the molecule is CCC(=O)CC[C@H]1C2CCC(=O)[C@@]2(C)CC[C@H]1O. The summed E-state index contributed by atoms with van der Waals surface area (Å²) in [6.07, 6.45) is 4.64. The molecule has 0 aliphatic heterocycles. The zero-order valence-corrected chi connectivity index (χ0v) is 11.4. The van der Waals surface area contributed by atoms with E-state index >= 15 is 0 Å². The number of aliphatic hydroxyl groups excluding tert-OH is 1. The van der Waals surface area contributed by atoms with E-state index in [-0.39, 0.29) is 23.2 Å². The number of hydrogen-bond acceptors (Lipinski definition) is 3. The molecule has 2 rings (SSSR count). The van der Waals surface area contributed by atoms with E-state index in [4.69, 9.17) is 0 Å². The molecule has 0 amide bonds. The van der Waals surface area contributed by atoms with Crippen molar-refractivity contribution >= 4 is 11.6 Å². The molecule has 3 heteroatoms. The summed E-state index contributed by atoms with van der Waals surface area (Å²) in [6, 6.07) is 0. The van der Waals surface area contributed by atoms with E-state index in [2.05, 4.69) is 6.92 Å². The van der Waals surface area contributed by atoms with Crippen molar-refractivity contribution in [1.29, 1.82) is 0 Å². The average molecular weight is 252 g/mol. The number of carbonyl (C=O) groups is 2. The first-order valence-corrected chi connectivity index (χ1v) is 7.22. The van der Waals surface area contributed by atoms with E-state index in [9.17, 15) is 14.7 Å². The molecule has 4 atom stereocenters. The van der Waals surface area contributed by atoms with Gasteiger partial charge in [0.25, 0.3) is 0 Å². The molecule has 18 heavy (non-hydrogen) atoms. The number of ketones is 2. The van der Waals surface area contributed by atoms with Crippen molar-refractivity contribution in [3.63, 3.8) is 0 Å². The predicted molar refractivity (Wildman–Crippen MR) is 69.1 cm³/mol.